The lowest BCUT2D eigenvalue weighted by atomic mass is 9.84. The largest absolute Gasteiger partial charge is 0.253 e. The lowest BCUT2D eigenvalue weighted by Gasteiger charge is -2.20. The van der Waals surface area contributed by atoms with Crippen molar-refractivity contribution in [3.63, 3.8) is 0 Å². The molecule has 0 N–H and O–H groups in total. The van der Waals surface area contributed by atoms with Crippen LogP contribution in [0.3, 0.4) is 0 Å². The Hall–Kier alpha value is -7.16. The molecule has 0 bridgehead atoms. The minimum absolute atomic E-state index is 0.717. The fourth-order valence-corrected chi connectivity index (χ4v) is 7.61. The Morgan fingerprint density at radius 1 is 0.610 bits per heavy atom. The van der Waals surface area contributed by atoms with E-state index in [4.69, 9.17) is 9.98 Å². The smallest absolute Gasteiger partial charge is 0.0711 e. The Kier molecular flexibility index (Phi) is 12.5. The second kappa shape index (κ2) is 18.4. The second-order valence-corrected chi connectivity index (χ2v) is 14.9. The van der Waals surface area contributed by atoms with Gasteiger partial charge in [-0.15, -0.1) is 0 Å². The monoisotopic (exact) mass is 762 g/mol. The first-order valence-corrected chi connectivity index (χ1v) is 20.2. The number of nitrogens with zero attached hydrogens (tertiary/aromatic N) is 2. The molecular formula is C57H50N2. The van der Waals surface area contributed by atoms with Crippen molar-refractivity contribution in [2.75, 3.05) is 0 Å². The first-order chi connectivity index (χ1) is 28.7. The number of benzene rings is 6. The normalized spacial score (nSPS) is 13.6. The molecule has 1 aliphatic carbocycles. The highest BCUT2D eigenvalue weighted by Gasteiger charge is 2.20. The Bertz CT molecular complexity index is 2830. The van der Waals surface area contributed by atoms with E-state index >= 15 is 0 Å². The van der Waals surface area contributed by atoms with Gasteiger partial charge in [-0.05, 0) is 124 Å². The first kappa shape index (κ1) is 40.1. The summed E-state index contributed by atoms with van der Waals surface area (Å²) in [6.45, 7) is 21.6. The lowest BCUT2D eigenvalue weighted by Crippen LogP contribution is -2.01. The molecule has 0 amide bonds. The Labute approximate surface area is 350 Å². The fourth-order valence-electron chi connectivity index (χ4n) is 7.61. The molecule has 0 saturated heterocycles. The van der Waals surface area contributed by atoms with Crippen LogP contribution in [-0.2, 0) is 0 Å². The maximum absolute atomic E-state index is 5.37. The van der Waals surface area contributed by atoms with Crippen LogP contribution in [-0.4, -0.2) is 11.4 Å². The summed E-state index contributed by atoms with van der Waals surface area (Å²) in [6, 6.07) is 44.7. The zero-order chi connectivity index (χ0) is 41.3. The molecule has 2 heteroatoms. The van der Waals surface area contributed by atoms with Crippen LogP contribution < -0.4 is 0 Å². The molecule has 0 unspecified atom stereocenters. The van der Waals surface area contributed by atoms with Crippen molar-refractivity contribution in [3.05, 3.63) is 241 Å². The highest BCUT2D eigenvalue weighted by molar-refractivity contribution is 6.22. The van der Waals surface area contributed by atoms with Gasteiger partial charge in [0.1, 0.15) is 0 Å². The van der Waals surface area contributed by atoms with Crippen molar-refractivity contribution in [2.45, 2.75) is 34.1 Å². The summed E-state index contributed by atoms with van der Waals surface area (Å²) >= 11 is 0. The molecule has 0 spiro atoms. The zero-order valence-electron chi connectivity index (χ0n) is 34.5. The summed E-state index contributed by atoms with van der Waals surface area (Å²) in [5, 5.41) is 4.52. The van der Waals surface area contributed by atoms with Gasteiger partial charge in [0.2, 0.25) is 0 Å². The lowest BCUT2D eigenvalue weighted by molar-refractivity contribution is 1.30. The SMILES string of the molecule is C=C/C(=C\C)c1c2cc(C(C=C(C)C)=NC(=C)c3ccccc3)ccc2c(-c2ccccc2)c2cc(/C(=C/C(=C)c3ccccc3)N=C(C)C3=CC=CC=CC3)ccc12. The third kappa shape index (κ3) is 9.04. The van der Waals surface area contributed by atoms with E-state index in [1.54, 1.807) is 0 Å². The van der Waals surface area contributed by atoms with Crippen LogP contribution in [0.1, 0.15) is 61.9 Å². The summed E-state index contributed by atoms with van der Waals surface area (Å²) in [7, 11) is 0. The molecule has 0 aliphatic heterocycles. The van der Waals surface area contributed by atoms with Gasteiger partial charge in [-0.2, -0.15) is 0 Å². The quantitative estimate of drug-likeness (QED) is 0.0674. The van der Waals surface area contributed by atoms with E-state index in [0.717, 1.165) is 106 Å². The van der Waals surface area contributed by atoms with Gasteiger partial charge < -0.3 is 0 Å². The molecule has 288 valence electrons. The molecule has 59 heavy (non-hydrogen) atoms. The van der Waals surface area contributed by atoms with E-state index < -0.39 is 0 Å². The van der Waals surface area contributed by atoms with Crippen LogP contribution in [0.25, 0.3) is 55.2 Å². The van der Waals surface area contributed by atoms with Gasteiger partial charge >= 0.3 is 0 Å². The minimum atomic E-state index is 0.717. The minimum Gasteiger partial charge on any atom is -0.253 e. The van der Waals surface area contributed by atoms with Gasteiger partial charge in [0.15, 0.2) is 0 Å². The average molecular weight is 763 g/mol. The van der Waals surface area contributed by atoms with E-state index in [9.17, 15) is 0 Å². The molecule has 0 atom stereocenters. The van der Waals surface area contributed by atoms with Crippen molar-refractivity contribution in [3.8, 4) is 11.1 Å². The van der Waals surface area contributed by atoms with Crippen LogP contribution in [0.5, 0.6) is 0 Å². The van der Waals surface area contributed by atoms with E-state index in [-0.39, 0.29) is 0 Å². The van der Waals surface area contributed by atoms with E-state index in [2.05, 4.69) is 175 Å². The summed E-state index contributed by atoms with van der Waals surface area (Å²) < 4.78 is 0. The number of rotatable bonds is 12. The first-order valence-electron chi connectivity index (χ1n) is 20.2. The van der Waals surface area contributed by atoms with Gasteiger partial charge in [-0.3, -0.25) is 4.99 Å². The van der Waals surface area contributed by atoms with Gasteiger partial charge in [-0.25, -0.2) is 4.99 Å². The molecule has 6 aromatic carbocycles. The van der Waals surface area contributed by atoms with Crippen LogP contribution in [0.2, 0.25) is 0 Å². The Morgan fingerprint density at radius 3 is 1.93 bits per heavy atom. The van der Waals surface area contributed by atoms with Crippen molar-refractivity contribution < 1.29 is 0 Å². The van der Waals surface area contributed by atoms with Crippen LogP contribution in [0.15, 0.2) is 223 Å². The standard InChI is InChI=1S/C57H50N2/c1-8-43(9-2)56-50-33-32-49(55(36-40(5)44-23-17-12-18-24-44)59-42(7)45-25-15-10-11-16-26-45)38-53(50)57(47-29-21-14-22-30-47)51-34-31-48(37-52(51)56)54(35-39(3)4)58-41(6)46-27-19-13-20-28-46/h8-25,27-38H,1,5-6,26H2,2-4,7H3/b43-9+,55-36-,58-54?,59-42?. The van der Waals surface area contributed by atoms with Gasteiger partial charge in [-0.1, -0.05) is 183 Å². The summed E-state index contributed by atoms with van der Waals surface area (Å²) in [4.78, 5) is 10.5. The van der Waals surface area contributed by atoms with Crippen LogP contribution in [0, 0.1) is 0 Å². The molecule has 1 aliphatic rings. The van der Waals surface area contributed by atoms with Gasteiger partial charge in [0, 0.05) is 16.8 Å². The molecule has 0 saturated carbocycles. The second-order valence-electron chi connectivity index (χ2n) is 14.9. The highest BCUT2D eigenvalue weighted by atomic mass is 14.8. The third-order valence-corrected chi connectivity index (χ3v) is 10.6. The maximum Gasteiger partial charge on any atom is 0.0711 e. The predicted molar refractivity (Wildman–Crippen MR) is 260 cm³/mol. The molecule has 6 aromatic rings. The molecule has 0 heterocycles. The number of aliphatic imine (C=N–C) groups is 2. The van der Waals surface area contributed by atoms with Crippen LogP contribution in [0.4, 0.5) is 0 Å². The Morgan fingerprint density at radius 2 is 1.25 bits per heavy atom. The van der Waals surface area contributed by atoms with Gasteiger partial charge in [0.05, 0.1) is 17.1 Å². The summed E-state index contributed by atoms with van der Waals surface area (Å²) in [6.07, 6.45) is 19.7. The number of allylic oxidation sites excluding steroid dienone is 13. The molecule has 0 radical (unpaired) electrons. The molecule has 7 rings (SSSR count). The third-order valence-electron chi connectivity index (χ3n) is 10.6. The van der Waals surface area contributed by atoms with E-state index in [1.165, 1.54) is 5.57 Å². The maximum atomic E-state index is 5.37. The highest BCUT2D eigenvalue weighted by Crippen LogP contribution is 2.44. The van der Waals surface area contributed by atoms with Crippen molar-refractivity contribution in [2.24, 2.45) is 9.98 Å². The predicted octanol–water partition coefficient (Wildman–Crippen LogP) is 15.6. The summed E-state index contributed by atoms with van der Waals surface area (Å²) in [5.74, 6) is 0. The fraction of sp³-hybridized carbons (Fsp3) is 0.0877. The topological polar surface area (TPSA) is 24.7 Å². The average Bonchev–Trinajstić information content (AvgIpc) is 3.56. The zero-order valence-corrected chi connectivity index (χ0v) is 34.5. The number of hydrogen-bond donors (Lipinski definition) is 0. The molecule has 2 nitrogen and oxygen atoms in total. The van der Waals surface area contributed by atoms with Gasteiger partial charge in [0.25, 0.3) is 0 Å². The number of hydrogen-bond acceptors (Lipinski definition) is 2. The number of fused-ring (bicyclic) bond motifs is 2. The van der Waals surface area contributed by atoms with Crippen molar-refractivity contribution in [1.29, 1.82) is 0 Å². The van der Waals surface area contributed by atoms with E-state index in [0.29, 0.717) is 0 Å². The van der Waals surface area contributed by atoms with Crippen molar-refractivity contribution in [1.82, 2.24) is 0 Å². The molecule has 0 aromatic heterocycles. The molecule has 0 fully saturated rings. The Balaban J connectivity index is 1.52. The van der Waals surface area contributed by atoms with Crippen LogP contribution >= 0.6 is 0 Å². The molecular weight excluding hydrogens is 713 g/mol. The van der Waals surface area contributed by atoms with Crippen molar-refractivity contribution >= 4 is 55.5 Å². The summed E-state index contributed by atoms with van der Waals surface area (Å²) in [5.41, 5.74) is 15.2. The van der Waals surface area contributed by atoms with E-state index in [1.807, 2.05) is 54.6 Å².